The quantitative estimate of drug-likeness (QED) is 0.291. The van der Waals surface area contributed by atoms with Gasteiger partial charge in [0.25, 0.3) is 0 Å². The first-order valence-electron chi connectivity index (χ1n) is 4.61. The zero-order chi connectivity index (χ0) is 10.1. The molecule has 3 nitrogen and oxygen atoms in total. The summed E-state index contributed by atoms with van der Waals surface area (Å²) in [5.74, 6) is -0.330. The van der Waals surface area contributed by atoms with Gasteiger partial charge in [-0.2, -0.15) is 0 Å². The Labute approximate surface area is 79.7 Å². The summed E-state index contributed by atoms with van der Waals surface area (Å²) in [6.07, 6.45) is 3.74. The maximum atomic E-state index is 10.3. The summed E-state index contributed by atoms with van der Waals surface area (Å²) in [5, 5.41) is 0. The van der Waals surface area contributed by atoms with E-state index >= 15 is 0 Å². The van der Waals surface area contributed by atoms with Crippen molar-refractivity contribution in [2.75, 3.05) is 13.2 Å². The minimum Gasteiger partial charge on any atom is -0.463 e. The molecule has 0 aromatic rings. The summed E-state index contributed by atoms with van der Waals surface area (Å²) in [6, 6.07) is 0. The van der Waals surface area contributed by atoms with Gasteiger partial charge in [-0.1, -0.05) is 19.9 Å². The van der Waals surface area contributed by atoms with Gasteiger partial charge in [0, 0.05) is 6.08 Å². The van der Waals surface area contributed by atoms with Crippen LogP contribution in [0.4, 0.5) is 0 Å². The molecule has 0 aromatic carbocycles. The van der Waals surface area contributed by atoms with Gasteiger partial charge in [0.05, 0.1) is 19.3 Å². The number of unbranched alkanes of at least 4 members (excludes halogenated alkanes) is 1. The van der Waals surface area contributed by atoms with E-state index in [0.29, 0.717) is 12.7 Å². The molecule has 0 spiro atoms. The number of carbonyl (C=O) groups excluding carboxylic acids is 1. The van der Waals surface area contributed by atoms with E-state index in [2.05, 4.69) is 18.2 Å². The Morgan fingerprint density at radius 3 is 2.62 bits per heavy atom. The molecule has 1 rings (SSSR count). The lowest BCUT2D eigenvalue weighted by Crippen LogP contribution is -2.00. The van der Waals surface area contributed by atoms with Gasteiger partial charge in [0.1, 0.15) is 0 Å². The average molecular weight is 186 g/mol. The molecule has 1 heterocycles. The van der Waals surface area contributed by atoms with Crippen molar-refractivity contribution in [3.8, 4) is 0 Å². The van der Waals surface area contributed by atoms with Crippen molar-refractivity contribution in [3.63, 3.8) is 0 Å². The van der Waals surface area contributed by atoms with Crippen molar-refractivity contribution in [1.29, 1.82) is 0 Å². The van der Waals surface area contributed by atoms with Crippen LogP contribution in [-0.4, -0.2) is 25.3 Å². The topological polar surface area (TPSA) is 38.8 Å². The molecule has 0 aromatic heterocycles. The van der Waals surface area contributed by atoms with Crippen molar-refractivity contribution in [2.45, 2.75) is 32.8 Å². The highest BCUT2D eigenvalue weighted by Gasteiger charge is 2.13. The maximum absolute atomic E-state index is 10.3. The van der Waals surface area contributed by atoms with Gasteiger partial charge in [0.2, 0.25) is 0 Å². The molecule has 1 aliphatic rings. The Kier molecular flexibility index (Phi) is 7.30. The zero-order valence-electron chi connectivity index (χ0n) is 8.41. The lowest BCUT2D eigenvalue weighted by molar-refractivity contribution is -0.137. The van der Waals surface area contributed by atoms with Crippen LogP contribution in [0.15, 0.2) is 12.7 Å². The van der Waals surface area contributed by atoms with Gasteiger partial charge in [-0.05, 0) is 13.3 Å². The van der Waals surface area contributed by atoms with E-state index in [4.69, 9.17) is 4.74 Å². The third kappa shape index (κ3) is 11.2. The highest BCUT2D eigenvalue weighted by molar-refractivity contribution is 5.81. The van der Waals surface area contributed by atoms with E-state index in [-0.39, 0.29) is 5.97 Å². The van der Waals surface area contributed by atoms with Crippen molar-refractivity contribution >= 4 is 5.97 Å². The third-order valence-corrected chi connectivity index (χ3v) is 1.41. The molecule has 1 aliphatic heterocycles. The molecule has 0 bridgehead atoms. The second-order valence-electron chi connectivity index (χ2n) is 2.87. The minimum absolute atomic E-state index is 0.330. The molecule has 0 aliphatic carbocycles. The number of rotatable bonds is 4. The summed E-state index contributed by atoms with van der Waals surface area (Å²) in [4.78, 5) is 10.3. The number of hydrogen-bond donors (Lipinski definition) is 0. The number of ether oxygens (including phenoxy) is 2. The molecule has 0 saturated carbocycles. The fraction of sp³-hybridized carbons (Fsp3) is 0.700. The second kappa shape index (κ2) is 7.80. The van der Waals surface area contributed by atoms with Crippen LogP contribution in [0, 0.1) is 0 Å². The van der Waals surface area contributed by atoms with E-state index in [1.54, 1.807) is 0 Å². The van der Waals surface area contributed by atoms with Crippen LogP contribution < -0.4 is 0 Å². The summed E-state index contributed by atoms with van der Waals surface area (Å²) in [7, 11) is 0. The average Bonchev–Trinajstić information content (AvgIpc) is 2.89. The second-order valence-corrected chi connectivity index (χ2v) is 2.87. The normalized spacial score (nSPS) is 18.2. The molecule has 1 unspecified atom stereocenters. The zero-order valence-corrected chi connectivity index (χ0v) is 8.41. The molecule has 1 saturated heterocycles. The first-order chi connectivity index (χ1) is 6.20. The van der Waals surface area contributed by atoms with Crippen molar-refractivity contribution in [3.05, 3.63) is 12.7 Å². The Bertz CT molecular complexity index is 150. The van der Waals surface area contributed by atoms with Gasteiger partial charge < -0.3 is 9.47 Å². The van der Waals surface area contributed by atoms with Gasteiger partial charge in [-0.25, -0.2) is 4.79 Å². The van der Waals surface area contributed by atoms with Crippen LogP contribution in [0.5, 0.6) is 0 Å². The smallest absolute Gasteiger partial charge is 0.330 e. The van der Waals surface area contributed by atoms with Crippen molar-refractivity contribution in [1.82, 2.24) is 0 Å². The Hall–Kier alpha value is -0.830. The molecule has 3 heteroatoms. The van der Waals surface area contributed by atoms with Crippen molar-refractivity contribution < 1.29 is 14.3 Å². The van der Waals surface area contributed by atoms with E-state index in [0.717, 1.165) is 19.4 Å². The lowest BCUT2D eigenvalue weighted by Gasteiger charge is -1.97. The highest BCUT2D eigenvalue weighted by atomic mass is 16.6. The van der Waals surface area contributed by atoms with Gasteiger partial charge in [0.15, 0.2) is 0 Å². The summed E-state index contributed by atoms with van der Waals surface area (Å²) >= 11 is 0. The van der Waals surface area contributed by atoms with E-state index in [1.165, 1.54) is 6.08 Å². The Morgan fingerprint density at radius 1 is 1.77 bits per heavy atom. The predicted molar refractivity (Wildman–Crippen MR) is 51.5 cm³/mol. The van der Waals surface area contributed by atoms with Crippen LogP contribution in [0.3, 0.4) is 0 Å². The largest absolute Gasteiger partial charge is 0.463 e. The minimum atomic E-state index is -0.330. The molecule has 0 amide bonds. The maximum Gasteiger partial charge on any atom is 0.330 e. The molecular formula is C10H18O3. The third-order valence-electron chi connectivity index (χ3n) is 1.41. The SMILES string of the molecule is C=CC(=O)OCCCC.CC1CO1. The van der Waals surface area contributed by atoms with Gasteiger partial charge in [-0.15, -0.1) is 0 Å². The standard InChI is InChI=1S/C7H12O2.C3H6O/c1-3-5-6-9-7(8)4-2;1-3-2-4-3/h4H,2-3,5-6H2,1H3;3H,2H2,1H3. The monoisotopic (exact) mass is 186 g/mol. The number of epoxide rings is 1. The molecule has 0 N–H and O–H groups in total. The molecular weight excluding hydrogens is 168 g/mol. The molecule has 76 valence electrons. The van der Waals surface area contributed by atoms with Crippen molar-refractivity contribution in [2.24, 2.45) is 0 Å². The first-order valence-corrected chi connectivity index (χ1v) is 4.61. The predicted octanol–water partition coefficient (Wildman–Crippen LogP) is 1.92. The molecule has 1 atom stereocenters. The van der Waals surface area contributed by atoms with Crippen LogP contribution >= 0.6 is 0 Å². The van der Waals surface area contributed by atoms with Crippen LogP contribution in [0.25, 0.3) is 0 Å². The van der Waals surface area contributed by atoms with Crippen LogP contribution in [0.2, 0.25) is 0 Å². The number of carbonyl (C=O) groups is 1. The van der Waals surface area contributed by atoms with E-state index < -0.39 is 0 Å². The van der Waals surface area contributed by atoms with Crippen LogP contribution in [0.1, 0.15) is 26.7 Å². The van der Waals surface area contributed by atoms with Gasteiger partial charge in [-0.3, -0.25) is 0 Å². The number of esters is 1. The van der Waals surface area contributed by atoms with E-state index in [1.807, 2.05) is 6.92 Å². The lowest BCUT2D eigenvalue weighted by atomic mass is 10.4. The van der Waals surface area contributed by atoms with Crippen LogP contribution in [-0.2, 0) is 14.3 Å². The van der Waals surface area contributed by atoms with E-state index in [9.17, 15) is 4.79 Å². The first kappa shape index (κ1) is 12.2. The van der Waals surface area contributed by atoms with Gasteiger partial charge >= 0.3 is 5.97 Å². The fourth-order valence-electron chi connectivity index (χ4n) is 0.472. The summed E-state index contributed by atoms with van der Waals surface area (Å²) < 4.78 is 9.38. The molecule has 13 heavy (non-hydrogen) atoms. The summed E-state index contributed by atoms with van der Waals surface area (Å²) in [5.41, 5.74) is 0. The number of hydrogen-bond acceptors (Lipinski definition) is 3. The fourth-order valence-corrected chi connectivity index (χ4v) is 0.472. The molecule has 0 radical (unpaired) electrons. The highest BCUT2D eigenvalue weighted by Crippen LogP contribution is 2.04. The Morgan fingerprint density at radius 2 is 2.31 bits per heavy atom. The summed E-state index contributed by atoms with van der Waals surface area (Å²) in [6.45, 7) is 8.87. The Balaban J connectivity index is 0.000000293. The molecule has 1 fully saturated rings.